The van der Waals surface area contributed by atoms with E-state index in [9.17, 15) is 0 Å². The van der Waals surface area contributed by atoms with Gasteiger partial charge in [-0.25, -0.2) is 0 Å². The molecule has 1 heterocycles. The highest BCUT2D eigenvalue weighted by atomic mass is 31.2. The molecule has 0 amide bonds. The van der Waals surface area contributed by atoms with Gasteiger partial charge in [0.2, 0.25) is 0 Å². The van der Waals surface area contributed by atoms with Crippen LogP contribution in [0.5, 0.6) is 0 Å². The van der Waals surface area contributed by atoms with Crippen molar-refractivity contribution in [2.45, 2.75) is 12.1 Å². The van der Waals surface area contributed by atoms with Gasteiger partial charge in [0.05, 0.1) is 11.0 Å². The van der Waals surface area contributed by atoms with E-state index in [1.807, 2.05) is 127 Å². The summed E-state index contributed by atoms with van der Waals surface area (Å²) >= 11 is 0. The van der Waals surface area contributed by atoms with Gasteiger partial charge in [-0.3, -0.25) is 0 Å². The van der Waals surface area contributed by atoms with Gasteiger partial charge in [0.1, 0.15) is 7.14 Å². The van der Waals surface area contributed by atoms with Crippen LogP contribution in [0.1, 0.15) is 6.42 Å². The van der Waals surface area contributed by atoms with E-state index >= 15 is 9.13 Å². The lowest BCUT2D eigenvalue weighted by Gasteiger charge is -2.27. The molecule has 1 aliphatic rings. The fourth-order valence-corrected chi connectivity index (χ4v) is 12.7. The summed E-state index contributed by atoms with van der Waals surface area (Å²) in [5.74, 6) is 0. The van der Waals surface area contributed by atoms with E-state index in [0.29, 0.717) is 6.42 Å². The largest absolute Gasteiger partial charge is 0.313 e. The molecule has 0 saturated carbocycles. The molecule has 6 aromatic carbocycles. The summed E-state index contributed by atoms with van der Waals surface area (Å²) in [6, 6.07) is 52.3. The molecular weight excluding hydrogens is 612 g/mol. The number of hydrogen-bond acceptors (Lipinski definition) is 2. The Kier molecular flexibility index (Phi) is 7.53. The number of hydrogen-bond donors (Lipinski definition) is 0. The van der Waals surface area contributed by atoms with Crippen LogP contribution in [0.4, 0.5) is 0 Å². The van der Waals surface area contributed by atoms with Gasteiger partial charge in [0, 0.05) is 48.6 Å². The first-order valence-corrected chi connectivity index (χ1v) is 19.4. The SMILES string of the molecule is O=P(c1ccccc1)(c1ccccc1)c1ccc2c(c1)c1cc(P(=O)(c3ccccc3)C3C=CC=CC3)ccc1n2-c1ccccc1. The first kappa shape index (κ1) is 29.5. The maximum atomic E-state index is 15.5. The van der Waals surface area contributed by atoms with Crippen LogP contribution in [0, 0.1) is 0 Å². The third-order valence-corrected chi connectivity index (χ3v) is 15.8. The second-order valence-electron chi connectivity index (χ2n) is 12.0. The summed E-state index contributed by atoms with van der Waals surface area (Å²) in [6.45, 7) is 0. The predicted molar refractivity (Wildman–Crippen MR) is 200 cm³/mol. The Morgan fingerprint density at radius 3 is 1.51 bits per heavy atom. The number of nitrogens with zero attached hydrogens (tertiary/aromatic N) is 1. The van der Waals surface area contributed by atoms with Gasteiger partial charge in [-0.05, 0) is 55.0 Å². The highest BCUT2D eigenvalue weighted by Gasteiger charge is 2.36. The highest BCUT2D eigenvalue weighted by Crippen LogP contribution is 2.52. The lowest BCUT2D eigenvalue weighted by atomic mass is 10.1. The van der Waals surface area contributed by atoms with Gasteiger partial charge < -0.3 is 13.7 Å². The van der Waals surface area contributed by atoms with Crippen LogP contribution in [0.15, 0.2) is 182 Å². The highest BCUT2D eigenvalue weighted by molar-refractivity contribution is 7.85. The molecule has 47 heavy (non-hydrogen) atoms. The van der Waals surface area contributed by atoms with Gasteiger partial charge >= 0.3 is 0 Å². The number of rotatable bonds is 7. The smallest absolute Gasteiger partial charge is 0.171 e. The minimum atomic E-state index is -3.22. The predicted octanol–water partition coefficient (Wildman–Crippen LogP) is 8.62. The van der Waals surface area contributed by atoms with E-state index in [1.165, 1.54) is 0 Å². The van der Waals surface area contributed by atoms with Crippen LogP contribution in [0.3, 0.4) is 0 Å². The van der Waals surface area contributed by atoms with Crippen molar-refractivity contribution in [3.05, 3.63) is 182 Å². The molecule has 0 bridgehead atoms. The molecule has 0 N–H and O–H groups in total. The number of para-hydroxylation sites is 1. The van der Waals surface area contributed by atoms with Gasteiger partial charge in [0.25, 0.3) is 0 Å². The van der Waals surface area contributed by atoms with Gasteiger partial charge in [-0.1, -0.05) is 133 Å². The monoisotopic (exact) mass is 645 g/mol. The van der Waals surface area contributed by atoms with Crippen molar-refractivity contribution in [2.75, 3.05) is 0 Å². The lowest BCUT2D eigenvalue weighted by Crippen LogP contribution is -2.25. The molecule has 2 atom stereocenters. The third kappa shape index (κ3) is 4.90. The molecule has 228 valence electrons. The van der Waals surface area contributed by atoms with Crippen molar-refractivity contribution in [3.8, 4) is 5.69 Å². The van der Waals surface area contributed by atoms with Crippen molar-refractivity contribution in [3.63, 3.8) is 0 Å². The average molecular weight is 646 g/mol. The zero-order valence-corrected chi connectivity index (χ0v) is 27.6. The topological polar surface area (TPSA) is 39.1 Å². The quantitative estimate of drug-likeness (QED) is 0.163. The summed E-state index contributed by atoms with van der Waals surface area (Å²) < 4.78 is 33.2. The molecule has 0 aliphatic heterocycles. The zero-order chi connectivity index (χ0) is 31.8. The minimum Gasteiger partial charge on any atom is -0.313 e. The first-order chi connectivity index (χ1) is 23.1. The Morgan fingerprint density at radius 2 is 0.979 bits per heavy atom. The van der Waals surface area contributed by atoms with Crippen molar-refractivity contribution in [1.82, 2.24) is 4.57 Å². The summed E-state index contributed by atoms with van der Waals surface area (Å²) in [5.41, 5.74) is 2.92. The Balaban J connectivity index is 1.43. The number of aromatic nitrogens is 1. The number of benzene rings is 6. The molecule has 1 aliphatic carbocycles. The Morgan fingerprint density at radius 1 is 0.489 bits per heavy atom. The molecule has 7 aromatic rings. The summed E-state index contributed by atoms with van der Waals surface area (Å²) in [7, 11) is -6.30. The number of fused-ring (bicyclic) bond motifs is 3. The maximum absolute atomic E-state index is 15.5. The standard InChI is InChI=1S/C42H33NO2P2/c44-46(33-18-8-2-9-19-33,34-20-10-3-11-21-34)37-26-28-41-39(30-37)40-31-38(27-29-42(40)43(41)32-16-6-1-7-17-32)47(45,35-22-12-4-13-23-35)36-24-14-5-15-25-36/h1-24,26-31,36H,25H2. The van der Waals surface area contributed by atoms with E-state index < -0.39 is 14.3 Å². The van der Waals surface area contributed by atoms with Crippen LogP contribution in [-0.2, 0) is 9.13 Å². The number of allylic oxidation sites excluding steroid dienone is 4. The molecule has 0 saturated heterocycles. The molecule has 0 radical (unpaired) electrons. The molecule has 1 aromatic heterocycles. The van der Waals surface area contributed by atoms with Crippen LogP contribution >= 0.6 is 14.3 Å². The fraction of sp³-hybridized carbons (Fsp3) is 0.0476. The molecule has 0 spiro atoms. The van der Waals surface area contributed by atoms with E-state index in [1.54, 1.807) is 0 Å². The fourth-order valence-electron chi connectivity index (χ4n) is 7.00. The van der Waals surface area contributed by atoms with Crippen molar-refractivity contribution in [2.24, 2.45) is 0 Å². The normalized spacial score (nSPS) is 16.0. The van der Waals surface area contributed by atoms with Crippen LogP contribution in [0.2, 0.25) is 0 Å². The molecule has 3 nitrogen and oxygen atoms in total. The lowest BCUT2D eigenvalue weighted by molar-refractivity contribution is 0.582. The van der Waals surface area contributed by atoms with E-state index in [4.69, 9.17) is 0 Å². The Bertz CT molecular complexity index is 2330. The van der Waals surface area contributed by atoms with Crippen LogP contribution in [-0.4, -0.2) is 10.2 Å². The molecular formula is C42H33NO2P2. The van der Waals surface area contributed by atoms with Gasteiger partial charge in [0.15, 0.2) is 7.14 Å². The second-order valence-corrected chi connectivity index (χ2v) is 17.7. The third-order valence-electron chi connectivity index (χ3n) is 9.30. The molecule has 2 unspecified atom stereocenters. The Labute approximate surface area is 275 Å². The van der Waals surface area contributed by atoms with Gasteiger partial charge in [-0.2, -0.15) is 0 Å². The van der Waals surface area contributed by atoms with Crippen molar-refractivity contribution >= 4 is 62.6 Å². The summed E-state index contributed by atoms with van der Waals surface area (Å²) in [5, 5.41) is 6.01. The van der Waals surface area contributed by atoms with Crippen LogP contribution < -0.4 is 26.5 Å². The summed E-state index contributed by atoms with van der Waals surface area (Å²) in [6.07, 6.45) is 8.96. The minimum absolute atomic E-state index is 0.137. The van der Waals surface area contributed by atoms with Crippen molar-refractivity contribution < 1.29 is 9.13 Å². The van der Waals surface area contributed by atoms with E-state index in [2.05, 4.69) is 59.2 Å². The molecule has 8 rings (SSSR count). The average Bonchev–Trinajstić information content (AvgIpc) is 3.49. The first-order valence-electron chi connectivity index (χ1n) is 15.9. The molecule has 5 heteroatoms. The van der Waals surface area contributed by atoms with Crippen LogP contribution in [0.25, 0.3) is 27.5 Å². The molecule has 0 fully saturated rings. The zero-order valence-electron chi connectivity index (χ0n) is 25.8. The van der Waals surface area contributed by atoms with E-state index in [0.717, 1.165) is 54.0 Å². The Hall–Kier alpha value is -4.94. The summed E-state index contributed by atoms with van der Waals surface area (Å²) in [4.78, 5) is 0. The van der Waals surface area contributed by atoms with Gasteiger partial charge in [-0.15, -0.1) is 0 Å². The second kappa shape index (κ2) is 12.0. The van der Waals surface area contributed by atoms with E-state index in [-0.39, 0.29) is 5.66 Å². The maximum Gasteiger partial charge on any atom is 0.171 e. The van der Waals surface area contributed by atoms with Crippen molar-refractivity contribution in [1.29, 1.82) is 0 Å².